The first-order valence-corrected chi connectivity index (χ1v) is 6.25. The van der Waals surface area contributed by atoms with Crippen molar-refractivity contribution in [1.29, 1.82) is 0 Å². The number of aromatic carboxylic acids is 1. The molecular weight excluding hydrogens is 252 g/mol. The molecule has 3 aromatic rings. The topological polar surface area (TPSA) is 63.1 Å². The predicted molar refractivity (Wildman–Crippen MR) is 75.7 cm³/mol. The second-order valence-electron chi connectivity index (χ2n) is 4.51. The van der Waals surface area contributed by atoms with Gasteiger partial charge in [-0.25, -0.2) is 14.8 Å². The Hall–Kier alpha value is -2.75. The molecule has 0 saturated heterocycles. The fourth-order valence-corrected chi connectivity index (χ4v) is 2.17. The van der Waals surface area contributed by atoms with E-state index in [1.807, 2.05) is 24.3 Å². The molecule has 0 aliphatic rings. The number of fused-ring (bicyclic) bond motifs is 1. The predicted octanol–water partition coefficient (Wildman–Crippen LogP) is 2.92. The Balaban J connectivity index is 1.95. The molecule has 0 aliphatic heterocycles. The molecule has 98 valence electrons. The Morgan fingerprint density at radius 1 is 1.00 bits per heavy atom. The molecule has 0 unspecified atom stereocenters. The molecule has 2 aromatic carbocycles. The summed E-state index contributed by atoms with van der Waals surface area (Å²) in [6.45, 7) is 0. The van der Waals surface area contributed by atoms with Crippen LogP contribution in [-0.2, 0) is 6.42 Å². The summed E-state index contributed by atoms with van der Waals surface area (Å²) < 4.78 is 0. The molecular formula is C16H12N2O2. The number of carboxylic acids is 1. The van der Waals surface area contributed by atoms with Gasteiger partial charge in [-0.1, -0.05) is 42.5 Å². The van der Waals surface area contributed by atoms with Crippen LogP contribution >= 0.6 is 0 Å². The number of nitrogens with zero attached hydrogens (tertiary/aromatic N) is 2. The Bertz CT molecular complexity index is 762. The quantitative estimate of drug-likeness (QED) is 0.790. The zero-order chi connectivity index (χ0) is 13.9. The minimum atomic E-state index is -1.01. The van der Waals surface area contributed by atoms with Crippen LogP contribution < -0.4 is 0 Å². The molecule has 0 aliphatic carbocycles. The first-order valence-electron chi connectivity index (χ1n) is 6.25. The average Bonchev–Trinajstić information content (AvgIpc) is 2.48. The third-order valence-corrected chi connectivity index (χ3v) is 3.18. The third-order valence-electron chi connectivity index (χ3n) is 3.18. The molecule has 0 bridgehead atoms. The van der Waals surface area contributed by atoms with Gasteiger partial charge in [0.1, 0.15) is 5.82 Å². The molecule has 1 N–H and O–H groups in total. The maximum absolute atomic E-state index is 10.8. The van der Waals surface area contributed by atoms with Gasteiger partial charge in [-0.3, -0.25) is 0 Å². The SMILES string of the molecule is O=C(O)c1cnc(Cc2cccc3ccccc23)nc1. The van der Waals surface area contributed by atoms with E-state index in [9.17, 15) is 4.79 Å². The second-order valence-corrected chi connectivity index (χ2v) is 4.51. The zero-order valence-corrected chi connectivity index (χ0v) is 10.7. The summed E-state index contributed by atoms with van der Waals surface area (Å²) in [5.41, 5.74) is 1.23. The summed E-state index contributed by atoms with van der Waals surface area (Å²) in [7, 11) is 0. The van der Waals surface area contributed by atoms with Gasteiger partial charge in [0.2, 0.25) is 0 Å². The Morgan fingerprint density at radius 3 is 2.45 bits per heavy atom. The summed E-state index contributed by atoms with van der Waals surface area (Å²) in [4.78, 5) is 19.0. The standard InChI is InChI=1S/C16H12N2O2/c19-16(20)13-9-17-15(18-10-13)8-12-6-3-5-11-4-1-2-7-14(11)12/h1-7,9-10H,8H2,(H,19,20). The van der Waals surface area contributed by atoms with Crippen molar-refractivity contribution < 1.29 is 9.90 Å². The molecule has 0 saturated carbocycles. The van der Waals surface area contributed by atoms with Crippen molar-refractivity contribution in [2.24, 2.45) is 0 Å². The molecule has 1 aromatic heterocycles. The molecule has 0 spiro atoms. The summed E-state index contributed by atoms with van der Waals surface area (Å²) in [6.07, 6.45) is 3.27. The first-order chi connectivity index (χ1) is 9.74. The van der Waals surface area contributed by atoms with E-state index in [1.165, 1.54) is 23.2 Å². The van der Waals surface area contributed by atoms with Gasteiger partial charge in [0.05, 0.1) is 5.56 Å². The average molecular weight is 264 g/mol. The van der Waals surface area contributed by atoms with Crippen LogP contribution in [0.3, 0.4) is 0 Å². The molecule has 1 heterocycles. The van der Waals surface area contributed by atoms with E-state index in [1.54, 1.807) is 0 Å². The van der Waals surface area contributed by atoms with E-state index < -0.39 is 5.97 Å². The van der Waals surface area contributed by atoms with E-state index in [0.717, 1.165) is 5.56 Å². The van der Waals surface area contributed by atoms with Crippen LogP contribution in [0, 0.1) is 0 Å². The van der Waals surface area contributed by atoms with E-state index in [2.05, 4.69) is 28.2 Å². The number of carboxylic acid groups (broad SMARTS) is 1. The summed E-state index contributed by atoms with van der Waals surface area (Å²) in [6, 6.07) is 14.2. The van der Waals surface area contributed by atoms with Gasteiger partial charge in [0.15, 0.2) is 0 Å². The largest absolute Gasteiger partial charge is 0.478 e. The second kappa shape index (κ2) is 5.09. The van der Waals surface area contributed by atoms with Crippen LogP contribution in [0.15, 0.2) is 54.9 Å². The molecule has 4 nitrogen and oxygen atoms in total. The maximum Gasteiger partial charge on any atom is 0.338 e. The van der Waals surface area contributed by atoms with E-state index >= 15 is 0 Å². The lowest BCUT2D eigenvalue weighted by atomic mass is 10.0. The van der Waals surface area contributed by atoms with E-state index in [0.29, 0.717) is 12.2 Å². The van der Waals surface area contributed by atoms with Crippen LogP contribution in [0.2, 0.25) is 0 Å². The van der Waals surface area contributed by atoms with Gasteiger partial charge in [-0.2, -0.15) is 0 Å². The van der Waals surface area contributed by atoms with Crippen molar-refractivity contribution in [2.45, 2.75) is 6.42 Å². The van der Waals surface area contributed by atoms with Gasteiger partial charge in [0.25, 0.3) is 0 Å². The molecule has 0 radical (unpaired) electrons. The van der Waals surface area contributed by atoms with Gasteiger partial charge in [0, 0.05) is 18.8 Å². The van der Waals surface area contributed by atoms with Crippen LogP contribution in [0.1, 0.15) is 21.7 Å². The lowest BCUT2D eigenvalue weighted by molar-refractivity contribution is 0.0696. The fourth-order valence-electron chi connectivity index (χ4n) is 2.17. The van der Waals surface area contributed by atoms with Crippen molar-refractivity contribution in [2.75, 3.05) is 0 Å². The van der Waals surface area contributed by atoms with Crippen LogP contribution in [0.5, 0.6) is 0 Å². The van der Waals surface area contributed by atoms with Crippen LogP contribution in [0.4, 0.5) is 0 Å². The minimum Gasteiger partial charge on any atom is -0.478 e. The lowest BCUT2D eigenvalue weighted by Crippen LogP contribution is -2.02. The molecule has 20 heavy (non-hydrogen) atoms. The van der Waals surface area contributed by atoms with Gasteiger partial charge >= 0.3 is 5.97 Å². The highest BCUT2D eigenvalue weighted by atomic mass is 16.4. The number of rotatable bonds is 3. The normalized spacial score (nSPS) is 10.6. The molecule has 0 amide bonds. The van der Waals surface area contributed by atoms with E-state index in [4.69, 9.17) is 5.11 Å². The number of hydrogen-bond acceptors (Lipinski definition) is 3. The molecule has 3 rings (SSSR count). The number of hydrogen-bond donors (Lipinski definition) is 1. The number of benzene rings is 2. The lowest BCUT2D eigenvalue weighted by Gasteiger charge is -2.05. The highest BCUT2D eigenvalue weighted by Crippen LogP contribution is 2.20. The number of aromatic nitrogens is 2. The highest BCUT2D eigenvalue weighted by molar-refractivity contribution is 5.87. The van der Waals surface area contributed by atoms with Gasteiger partial charge in [-0.15, -0.1) is 0 Å². The number of carbonyl (C=O) groups is 1. The zero-order valence-electron chi connectivity index (χ0n) is 10.7. The Kier molecular flexibility index (Phi) is 3.13. The molecule has 4 heteroatoms. The fraction of sp³-hybridized carbons (Fsp3) is 0.0625. The Labute approximate surface area is 115 Å². The summed E-state index contributed by atoms with van der Waals surface area (Å²) in [5.74, 6) is -0.395. The van der Waals surface area contributed by atoms with Crippen LogP contribution in [-0.4, -0.2) is 21.0 Å². The summed E-state index contributed by atoms with van der Waals surface area (Å²) in [5, 5.41) is 11.2. The minimum absolute atomic E-state index is 0.103. The monoisotopic (exact) mass is 264 g/mol. The molecule has 0 atom stereocenters. The third kappa shape index (κ3) is 2.36. The summed E-state index contributed by atoms with van der Waals surface area (Å²) >= 11 is 0. The van der Waals surface area contributed by atoms with Crippen molar-refractivity contribution in [3.05, 3.63) is 71.8 Å². The van der Waals surface area contributed by atoms with Crippen molar-refractivity contribution in [1.82, 2.24) is 9.97 Å². The first kappa shape index (κ1) is 12.3. The smallest absolute Gasteiger partial charge is 0.338 e. The van der Waals surface area contributed by atoms with Crippen molar-refractivity contribution in [3.63, 3.8) is 0 Å². The van der Waals surface area contributed by atoms with Crippen molar-refractivity contribution in [3.8, 4) is 0 Å². The van der Waals surface area contributed by atoms with Crippen molar-refractivity contribution >= 4 is 16.7 Å². The van der Waals surface area contributed by atoms with E-state index in [-0.39, 0.29) is 5.56 Å². The Morgan fingerprint density at radius 2 is 1.70 bits per heavy atom. The van der Waals surface area contributed by atoms with Gasteiger partial charge < -0.3 is 5.11 Å². The maximum atomic E-state index is 10.8. The van der Waals surface area contributed by atoms with Crippen LogP contribution in [0.25, 0.3) is 10.8 Å². The highest BCUT2D eigenvalue weighted by Gasteiger charge is 2.06. The molecule has 0 fully saturated rings. The van der Waals surface area contributed by atoms with Gasteiger partial charge in [-0.05, 0) is 16.3 Å².